The zero-order valence-electron chi connectivity index (χ0n) is 10.1. The summed E-state index contributed by atoms with van der Waals surface area (Å²) < 4.78 is 5.07. The third-order valence-electron chi connectivity index (χ3n) is 3.18. The number of anilines is 2. The Balaban J connectivity index is 2.23. The van der Waals surface area contributed by atoms with Gasteiger partial charge in [0.2, 0.25) is 5.88 Å². The number of ether oxygens (including phenoxy) is 1. The number of hydrogen-bond donors (Lipinski definition) is 2. The van der Waals surface area contributed by atoms with Gasteiger partial charge in [0, 0.05) is 13.1 Å². The highest BCUT2D eigenvalue weighted by molar-refractivity contribution is 5.67. The Morgan fingerprint density at radius 1 is 1.53 bits per heavy atom. The van der Waals surface area contributed by atoms with Crippen LogP contribution in [0.4, 0.5) is 11.5 Å². The van der Waals surface area contributed by atoms with E-state index in [0.717, 1.165) is 19.5 Å². The SMILES string of the molecule is COc1ncnc(N2CCC(O)C(C)C2)c1N. The van der Waals surface area contributed by atoms with Gasteiger partial charge in [0.05, 0.1) is 13.2 Å². The number of piperidine rings is 1. The van der Waals surface area contributed by atoms with E-state index in [2.05, 4.69) is 14.9 Å². The second kappa shape index (κ2) is 4.75. The molecule has 3 N–H and O–H groups in total. The van der Waals surface area contributed by atoms with Crippen molar-refractivity contribution in [2.24, 2.45) is 5.92 Å². The molecule has 94 valence electrons. The number of nitrogens with zero attached hydrogens (tertiary/aromatic N) is 3. The summed E-state index contributed by atoms with van der Waals surface area (Å²) in [5.74, 6) is 1.30. The molecule has 1 aromatic rings. The topological polar surface area (TPSA) is 84.5 Å². The van der Waals surface area contributed by atoms with Gasteiger partial charge in [-0.2, -0.15) is 4.98 Å². The molecule has 2 unspecified atom stereocenters. The van der Waals surface area contributed by atoms with Crippen LogP contribution in [-0.2, 0) is 0 Å². The minimum atomic E-state index is -0.240. The predicted octanol–water partition coefficient (Wildman–Crippen LogP) is 0.275. The van der Waals surface area contributed by atoms with Crippen LogP contribution in [0, 0.1) is 5.92 Å². The molecule has 1 saturated heterocycles. The van der Waals surface area contributed by atoms with Crippen LogP contribution < -0.4 is 15.4 Å². The Hall–Kier alpha value is -1.56. The fourth-order valence-electron chi connectivity index (χ4n) is 2.11. The second-order valence-corrected chi connectivity index (χ2v) is 4.40. The summed E-state index contributed by atoms with van der Waals surface area (Å²) in [5, 5.41) is 9.70. The molecule has 2 heterocycles. The monoisotopic (exact) mass is 238 g/mol. The Bertz CT molecular complexity index is 399. The Labute approximate surface area is 100 Å². The van der Waals surface area contributed by atoms with Crippen LogP contribution in [0.3, 0.4) is 0 Å². The third-order valence-corrected chi connectivity index (χ3v) is 3.18. The van der Waals surface area contributed by atoms with E-state index in [1.807, 2.05) is 6.92 Å². The van der Waals surface area contributed by atoms with E-state index in [9.17, 15) is 5.11 Å². The van der Waals surface area contributed by atoms with Crippen molar-refractivity contribution in [2.45, 2.75) is 19.4 Å². The van der Waals surface area contributed by atoms with Crippen LogP contribution in [0.1, 0.15) is 13.3 Å². The molecular weight excluding hydrogens is 220 g/mol. The van der Waals surface area contributed by atoms with Crippen LogP contribution >= 0.6 is 0 Å². The number of nitrogen functional groups attached to an aromatic ring is 1. The smallest absolute Gasteiger partial charge is 0.242 e. The number of rotatable bonds is 2. The lowest BCUT2D eigenvalue weighted by molar-refractivity contribution is 0.0969. The molecule has 0 spiro atoms. The summed E-state index contributed by atoms with van der Waals surface area (Å²) in [6.45, 7) is 3.51. The summed E-state index contributed by atoms with van der Waals surface area (Å²) in [7, 11) is 1.53. The molecule has 0 radical (unpaired) electrons. The van der Waals surface area contributed by atoms with E-state index < -0.39 is 0 Å². The Kier molecular flexibility index (Phi) is 3.33. The highest BCUT2D eigenvalue weighted by atomic mass is 16.5. The first-order valence-corrected chi connectivity index (χ1v) is 5.71. The lowest BCUT2D eigenvalue weighted by atomic mass is 9.97. The van der Waals surface area contributed by atoms with Gasteiger partial charge in [-0.05, 0) is 12.3 Å². The van der Waals surface area contributed by atoms with E-state index >= 15 is 0 Å². The van der Waals surface area contributed by atoms with Gasteiger partial charge in [-0.15, -0.1) is 0 Å². The van der Waals surface area contributed by atoms with Crippen LogP contribution in [0.15, 0.2) is 6.33 Å². The average molecular weight is 238 g/mol. The van der Waals surface area contributed by atoms with Crippen LogP contribution in [0.25, 0.3) is 0 Å². The lowest BCUT2D eigenvalue weighted by Crippen LogP contribution is -2.42. The fraction of sp³-hybridized carbons (Fsp3) is 0.636. The van der Waals surface area contributed by atoms with Crippen molar-refractivity contribution >= 4 is 11.5 Å². The molecule has 17 heavy (non-hydrogen) atoms. The lowest BCUT2D eigenvalue weighted by Gasteiger charge is -2.35. The first kappa shape index (κ1) is 11.9. The molecular formula is C11H18N4O2. The van der Waals surface area contributed by atoms with E-state index in [0.29, 0.717) is 17.4 Å². The summed E-state index contributed by atoms with van der Waals surface area (Å²) in [5.41, 5.74) is 6.41. The van der Waals surface area contributed by atoms with Crippen molar-refractivity contribution in [3.8, 4) is 5.88 Å². The van der Waals surface area contributed by atoms with Gasteiger partial charge in [0.25, 0.3) is 0 Å². The van der Waals surface area contributed by atoms with Crippen molar-refractivity contribution in [3.05, 3.63) is 6.33 Å². The third kappa shape index (κ3) is 2.26. The van der Waals surface area contributed by atoms with Crippen LogP contribution in [-0.4, -0.2) is 41.4 Å². The number of methoxy groups -OCH3 is 1. The minimum absolute atomic E-state index is 0.212. The van der Waals surface area contributed by atoms with E-state index in [4.69, 9.17) is 10.5 Å². The number of hydrogen-bond acceptors (Lipinski definition) is 6. The minimum Gasteiger partial charge on any atom is -0.479 e. The predicted molar refractivity (Wildman–Crippen MR) is 65.0 cm³/mol. The van der Waals surface area contributed by atoms with Crippen LogP contribution in [0.2, 0.25) is 0 Å². The van der Waals surface area contributed by atoms with Crippen molar-refractivity contribution in [2.75, 3.05) is 30.8 Å². The molecule has 0 bridgehead atoms. The summed E-state index contributed by atoms with van der Waals surface area (Å²) in [4.78, 5) is 10.2. The van der Waals surface area contributed by atoms with Gasteiger partial charge < -0.3 is 20.5 Å². The molecule has 0 aliphatic carbocycles. The maximum absolute atomic E-state index is 9.70. The normalized spacial score (nSPS) is 24.8. The van der Waals surface area contributed by atoms with E-state index in [1.54, 1.807) is 0 Å². The van der Waals surface area contributed by atoms with Gasteiger partial charge >= 0.3 is 0 Å². The number of aromatic nitrogens is 2. The van der Waals surface area contributed by atoms with Crippen molar-refractivity contribution in [1.82, 2.24) is 9.97 Å². The van der Waals surface area contributed by atoms with Crippen molar-refractivity contribution in [3.63, 3.8) is 0 Å². The number of nitrogens with two attached hydrogens (primary N) is 1. The molecule has 1 aliphatic heterocycles. The second-order valence-electron chi connectivity index (χ2n) is 4.40. The molecule has 1 aromatic heterocycles. The van der Waals surface area contributed by atoms with Gasteiger partial charge in [-0.1, -0.05) is 6.92 Å². The molecule has 6 heteroatoms. The molecule has 0 aromatic carbocycles. The van der Waals surface area contributed by atoms with E-state index in [1.165, 1.54) is 13.4 Å². The largest absolute Gasteiger partial charge is 0.479 e. The first-order chi connectivity index (χ1) is 8.13. The number of aliphatic hydroxyl groups is 1. The van der Waals surface area contributed by atoms with Crippen molar-refractivity contribution in [1.29, 1.82) is 0 Å². The van der Waals surface area contributed by atoms with Crippen molar-refractivity contribution < 1.29 is 9.84 Å². The van der Waals surface area contributed by atoms with E-state index in [-0.39, 0.29) is 12.0 Å². The average Bonchev–Trinajstić information content (AvgIpc) is 2.33. The first-order valence-electron chi connectivity index (χ1n) is 5.71. The maximum atomic E-state index is 9.70. The summed E-state index contributed by atoms with van der Waals surface area (Å²) >= 11 is 0. The molecule has 2 rings (SSSR count). The molecule has 0 saturated carbocycles. The maximum Gasteiger partial charge on any atom is 0.242 e. The summed E-state index contributed by atoms with van der Waals surface area (Å²) in [6, 6.07) is 0. The summed E-state index contributed by atoms with van der Waals surface area (Å²) in [6.07, 6.45) is 1.93. The van der Waals surface area contributed by atoms with Gasteiger partial charge in [-0.25, -0.2) is 4.98 Å². The standard InChI is InChI=1S/C11H18N4O2/c1-7-5-15(4-3-8(7)16)10-9(12)11(17-2)14-6-13-10/h6-8,16H,3-5,12H2,1-2H3. The molecule has 1 fully saturated rings. The molecule has 0 amide bonds. The highest BCUT2D eigenvalue weighted by Crippen LogP contribution is 2.30. The highest BCUT2D eigenvalue weighted by Gasteiger charge is 2.26. The molecule has 6 nitrogen and oxygen atoms in total. The fourth-order valence-corrected chi connectivity index (χ4v) is 2.11. The molecule has 1 aliphatic rings. The van der Waals surface area contributed by atoms with Gasteiger partial charge in [0.1, 0.15) is 12.0 Å². The Morgan fingerprint density at radius 2 is 2.29 bits per heavy atom. The zero-order valence-corrected chi connectivity index (χ0v) is 10.1. The van der Waals surface area contributed by atoms with Gasteiger partial charge in [-0.3, -0.25) is 0 Å². The zero-order chi connectivity index (χ0) is 12.4. The Morgan fingerprint density at radius 3 is 2.94 bits per heavy atom. The van der Waals surface area contributed by atoms with Gasteiger partial charge in [0.15, 0.2) is 5.82 Å². The number of aliphatic hydroxyl groups excluding tert-OH is 1. The van der Waals surface area contributed by atoms with Crippen LogP contribution in [0.5, 0.6) is 5.88 Å². The quantitative estimate of drug-likeness (QED) is 0.769. The molecule has 2 atom stereocenters.